The number of likely N-dealkylation sites (tertiary alicyclic amines) is 1. The third-order valence-electron chi connectivity index (χ3n) is 6.94. The van der Waals surface area contributed by atoms with Crippen LogP contribution in [0.5, 0.6) is 5.75 Å². The fourth-order valence-electron chi connectivity index (χ4n) is 4.85. The van der Waals surface area contributed by atoms with Gasteiger partial charge in [-0.15, -0.1) is 5.10 Å². The molecule has 2 N–H and O–H groups in total. The number of piperidine rings is 1. The van der Waals surface area contributed by atoms with Crippen molar-refractivity contribution in [1.29, 1.82) is 0 Å². The number of rotatable bonds is 8. The maximum atomic E-state index is 14.7. The number of hydrogen-bond acceptors (Lipinski definition) is 8. The number of alkyl halides is 3. The number of halogens is 4. The van der Waals surface area contributed by atoms with Crippen LogP contribution in [0.15, 0.2) is 36.8 Å². The maximum absolute atomic E-state index is 14.7. The summed E-state index contributed by atoms with van der Waals surface area (Å²) in [5.41, 5.74) is -1.12. The predicted octanol–water partition coefficient (Wildman–Crippen LogP) is 5.11. The molecule has 0 atom stereocenters. The van der Waals surface area contributed by atoms with Gasteiger partial charge in [0.15, 0.2) is 11.6 Å². The molecule has 2 aromatic heterocycles. The summed E-state index contributed by atoms with van der Waals surface area (Å²) in [6, 6.07) is 3.17. The third-order valence-corrected chi connectivity index (χ3v) is 6.94. The second kappa shape index (κ2) is 10.4. The largest absolute Gasteiger partial charge is 0.492 e. The molecule has 0 saturated carbocycles. The van der Waals surface area contributed by atoms with Crippen LogP contribution in [-0.4, -0.2) is 60.6 Å². The summed E-state index contributed by atoms with van der Waals surface area (Å²) in [6.45, 7) is 8.90. The number of aromatic nitrogens is 5. The molecule has 1 saturated heterocycles. The highest BCUT2D eigenvalue weighted by Gasteiger charge is 2.43. The summed E-state index contributed by atoms with van der Waals surface area (Å²) in [5.74, 6) is -0.710. The molecule has 3 aromatic rings. The Bertz CT molecular complexity index is 1230. The molecular formula is C25H32F4N8O. The standard InChI is InChI=1S/C25H32F4N8O/c1-23(2)13-18(14-24(3,4)36(23)5)32-21-20(26)15-30-22(34-21)33-17-10-16(25(27,28)29)11-19(12-17)38-9-8-37-7-6-31-35-37/h6-7,10-12,15,18H,8-9,13-14H2,1-5H3,(H2,30,32,33,34). The van der Waals surface area contributed by atoms with Crippen molar-refractivity contribution in [1.82, 2.24) is 29.9 Å². The fraction of sp³-hybridized carbons (Fsp3) is 0.520. The van der Waals surface area contributed by atoms with E-state index in [0.29, 0.717) is 6.54 Å². The van der Waals surface area contributed by atoms with Crippen LogP contribution in [0.2, 0.25) is 0 Å². The first kappa shape index (κ1) is 27.6. The molecule has 1 aliphatic heterocycles. The zero-order valence-electron chi connectivity index (χ0n) is 22.0. The van der Waals surface area contributed by atoms with Crippen LogP contribution in [0.3, 0.4) is 0 Å². The van der Waals surface area contributed by atoms with Gasteiger partial charge in [0.1, 0.15) is 12.4 Å². The average Bonchev–Trinajstić information content (AvgIpc) is 3.32. The van der Waals surface area contributed by atoms with Gasteiger partial charge in [-0.1, -0.05) is 5.21 Å². The molecule has 0 aliphatic carbocycles. The first-order valence-corrected chi connectivity index (χ1v) is 12.2. The Morgan fingerprint density at radius 2 is 1.82 bits per heavy atom. The molecule has 1 fully saturated rings. The Labute approximate surface area is 218 Å². The Morgan fingerprint density at radius 1 is 1.11 bits per heavy atom. The van der Waals surface area contributed by atoms with E-state index in [1.165, 1.54) is 16.9 Å². The van der Waals surface area contributed by atoms with Crippen molar-refractivity contribution < 1.29 is 22.3 Å². The fourth-order valence-corrected chi connectivity index (χ4v) is 4.85. The highest BCUT2D eigenvalue weighted by molar-refractivity contribution is 5.59. The summed E-state index contributed by atoms with van der Waals surface area (Å²) in [7, 11) is 2.07. The SMILES string of the molecule is CN1C(C)(C)CC(Nc2nc(Nc3cc(OCCn4ccnn4)cc(C(F)(F)F)c3)ncc2F)CC1(C)C. The zero-order valence-corrected chi connectivity index (χ0v) is 22.0. The van der Waals surface area contributed by atoms with E-state index in [-0.39, 0.29) is 46.9 Å². The van der Waals surface area contributed by atoms with E-state index in [0.717, 1.165) is 31.2 Å². The first-order valence-electron chi connectivity index (χ1n) is 12.2. The lowest BCUT2D eigenvalue weighted by atomic mass is 9.77. The smallest absolute Gasteiger partial charge is 0.416 e. The summed E-state index contributed by atoms with van der Waals surface area (Å²) in [6.07, 6.45) is 1.00. The van der Waals surface area contributed by atoms with Crippen LogP contribution in [0.1, 0.15) is 46.1 Å². The number of hydrogen-bond donors (Lipinski definition) is 2. The van der Waals surface area contributed by atoms with Crippen molar-refractivity contribution in [3.8, 4) is 5.75 Å². The van der Waals surface area contributed by atoms with E-state index >= 15 is 0 Å². The number of ether oxygens (including phenoxy) is 1. The Hall–Kier alpha value is -3.48. The normalized spacial score (nSPS) is 17.8. The second-order valence-electron chi connectivity index (χ2n) is 10.7. The highest BCUT2D eigenvalue weighted by Crippen LogP contribution is 2.38. The molecular weight excluding hydrogens is 504 g/mol. The van der Waals surface area contributed by atoms with Gasteiger partial charge in [0.25, 0.3) is 0 Å². The Balaban J connectivity index is 1.52. The van der Waals surface area contributed by atoms with Crippen molar-refractivity contribution in [3.63, 3.8) is 0 Å². The van der Waals surface area contributed by atoms with E-state index in [1.54, 1.807) is 6.20 Å². The van der Waals surface area contributed by atoms with Crippen molar-refractivity contribution in [3.05, 3.63) is 48.2 Å². The predicted molar refractivity (Wildman–Crippen MR) is 135 cm³/mol. The van der Waals surface area contributed by atoms with Crippen LogP contribution in [0, 0.1) is 5.82 Å². The Kier molecular flexibility index (Phi) is 7.51. The second-order valence-corrected chi connectivity index (χ2v) is 10.7. The molecule has 0 spiro atoms. The van der Waals surface area contributed by atoms with Gasteiger partial charge in [0.2, 0.25) is 5.95 Å². The molecule has 1 aromatic carbocycles. The van der Waals surface area contributed by atoms with Gasteiger partial charge in [-0.05, 0) is 59.7 Å². The van der Waals surface area contributed by atoms with E-state index in [4.69, 9.17) is 4.74 Å². The lowest BCUT2D eigenvalue weighted by Gasteiger charge is -2.53. The van der Waals surface area contributed by atoms with Crippen molar-refractivity contribution in [2.75, 3.05) is 24.3 Å². The van der Waals surface area contributed by atoms with Gasteiger partial charge in [-0.3, -0.25) is 4.90 Å². The topological polar surface area (TPSA) is 93.0 Å². The van der Waals surface area contributed by atoms with E-state index in [2.05, 4.69) is 70.6 Å². The van der Waals surface area contributed by atoms with Crippen LogP contribution < -0.4 is 15.4 Å². The lowest BCUT2D eigenvalue weighted by Crippen LogP contribution is -2.61. The number of nitrogens with zero attached hydrogens (tertiary/aromatic N) is 6. The molecule has 0 radical (unpaired) electrons. The molecule has 38 heavy (non-hydrogen) atoms. The summed E-state index contributed by atoms with van der Waals surface area (Å²) >= 11 is 0. The average molecular weight is 537 g/mol. The van der Waals surface area contributed by atoms with Crippen LogP contribution in [0.4, 0.5) is 35.0 Å². The molecule has 4 rings (SSSR count). The quantitative estimate of drug-likeness (QED) is 0.384. The van der Waals surface area contributed by atoms with Crippen molar-refractivity contribution in [2.45, 2.75) is 70.4 Å². The number of nitrogens with one attached hydrogen (secondary N) is 2. The summed E-state index contributed by atoms with van der Waals surface area (Å²) in [5, 5.41) is 13.4. The monoisotopic (exact) mass is 536 g/mol. The van der Waals surface area contributed by atoms with Gasteiger partial charge in [0, 0.05) is 35.1 Å². The van der Waals surface area contributed by atoms with Gasteiger partial charge < -0.3 is 15.4 Å². The highest BCUT2D eigenvalue weighted by atomic mass is 19.4. The molecule has 13 heteroatoms. The molecule has 3 heterocycles. The van der Waals surface area contributed by atoms with Crippen molar-refractivity contribution in [2.24, 2.45) is 0 Å². The molecule has 1 aliphatic rings. The first-order chi connectivity index (χ1) is 17.7. The molecule has 206 valence electrons. The molecule has 0 amide bonds. The third kappa shape index (κ3) is 6.50. The van der Waals surface area contributed by atoms with Gasteiger partial charge in [0.05, 0.1) is 24.5 Å². The van der Waals surface area contributed by atoms with E-state index in [1.807, 2.05) is 0 Å². The lowest BCUT2D eigenvalue weighted by molar-refractivity contribution is -0.137. The Morgan fingerprint density at radius 3 is 2.45 bits per heavy atom. The zero-order chi connectivity index (χ0) is 27.7. The minimum absolute atomic E-state index is 0.00121. The molecule has 0 bridgehead atoms. The molecule has 0 unspecified atom stereocenters. The maximum Gasteiger partial charge on any atom is 0.416 e. The van der Waals surface area contributed by atoms with E-state index < -0.39 is 17.6 Å². The summed E-state index contributed by atoms with van der Waals surface area (Å²) in [4.78, 5) is 10.5. The summed E-state index contributed by atoms with van der Waals surface area (Å²) < 4.78 is 62.4. The van der Waals surface area contributed by atoms with Crippen LogP contribution in [0.25, 0.3) is 0 Å². The minimum Gasteiger partial charge on any atom is -0.492 e. The van der Waals surface area contributed by atoms with Crippen LogP contribution >= 0.6 is 0 Å². The van der Waals surface area contributed by atoms with Gasteiger partial charge in [-0.2, -0.15) is 18.2 Å². The van der Waals surface area contributed by atoms with Crippen molar-refractivity contribution >= 4 is 17.5 Å². The minimum atomic E-state index is -4.61. The van der Waals surface area contributed by atoms with Crippen LogP contribution in [-0.2, 0) is 12.7 Å². The number of benzene rings is 1. The number of anilines is 3. The van der Waals surface area contributed by atoms with E-state index in [9.17, 15) is 17.6 Å². The van der Waals surface area contributed by atoms with Gasteiger partial charge in [-0.25, -0.2) is 14.1 Å². The van der Waals surface area contributed by atoms with Gasteiger partial charge >= 0.3 is 6.18 Å². The molecule has 9 nitrogen and oxygen atoms in total.